The molecule has 2 atom stereocenters. The summed E-state index contributed by atoms with van der Waals surface area (Å²) in [5.41, 5.74) is 4.49. The fourth-order valence-electron chi connectivity index (χ4n) is 4.07. The lowest BCUT2D eigenvalue weighted by Gasteiger charge is -2.20. The number of aryl methyl sites for hydroxylation is 2. The first-order valence-electron chi connectivity index (χ1n) is 12.9. The highest BCUT2D eigenvalue weighted by atomic mass is 32.2. The van der Waals surface area contributed by atoms with Gasteiger partial charge in [-0.1, -0.05) is 54.5 Å². The van der Waals surface area contributed by atoms with E-state index in [0.717, 1.165) is 18.4 Å². The summed E-state index contributed by atoms with van der Waals surface area (Å²) >= 11 is -1.67. The zero-order chi connectivity index (χ0) is 27.9. The van der Waals surface area contributed by atoms with E-state index in [-0.39, 0.29) is 18.9 Å². The Bertz CT molecular complexity index is 1260. The zero-order valence-corrected chi connectivity index (χ0v) is 22.8. The van der Waals surface area contributed by atoms with Gasteiger partial charge in [0.25, 0.3) is 11.8 Å². The van der Waals surface area contributed by atoms with Gasteiger partial charge in [-0.2, -0.15) is 0 Å². The van der Waals surface area contributed by atoms with Crippen molar-refractivity contribution >= 4 is 23.0 Å². The Morgan fingerprint density at radius 3 is 2.41 bits per heavy atom. The van der Waals surface area contributed by atoms with Crippen molar-refractivity contribution in [1.29, 1.82) is 0 Å². The molecule has 39 heavy (non-hydrogen) atoms. The van der Waals surface area contributed by atoms with Crippen molar-refractivity contribution < 1.29 is 24.1 Å². The molecule has 0 aliphatic heterocycles. The SMILES string of the molecule is CC#CCOc1ccc([S+]([O-])C(CCCCNC(=O)c2ccccc2CCc2ccccc2)C(=O)NO)cc1. The first-order valence-corrected chi connectivity index (χ1v) is 14.1. The molecule has 2 amide bonds. The largest absolute Gasteiger partial charge is 0.611 e. The summed E-state index contributed by atoms with van der Waals surface area (Å²) in [5.74, 6) is 5.28. The number of amides is 2. The highest BCUT2D eigenvalue weighted by Crippen LogP contribution is 2.23. The fourth-order valence-corrected chi connectivity index (χ4v) is 5.43. The number of carbonyl (C=O) groups excluding carboxylic acids is 2. The number of benzene rings is 3. The summed E-state index contributed by atoms with van der Waals surface area (Å²) < 4.78 is 18.5. The second kappa shape index (κ2) is 16.2. The van der Waals surface area contributed by atoms with Crippen molar-refractivity contribution in [3.63, 3.8) is 0 Å². The molecule has 0 saturated heterocycles. The van der Waals surface area contributed by atoms with Crippen LogP contribution in [0.25, 0.3) is 0 Å². The van der Waals surface area contributed by atoms with E-state index in [1.807, 2.05) is 42.5 Å². The van der Waals surface area contributed by atoms with Gasteiger partial charge in [-0.3, -0.25) is 14.8 Å². The van der Waals surface area contributed by atoms with Crippen LogP contribution in [0.4, 0.5) is 0 Å². The van der Waals surface area contributed by atoms with Crippen molar-refractivity contribution in [3.05, 3.63) is 95.6 Å². The third kappa shape index (κ3) is 9.48. The van der Waals surface area contributed by atoms with Gasteiger partial charge in [-0.15, -0.1) is 5.92 Å². The monoisotopic (exact) mass is 546 g/mol. The number of rotatable bonds is 14. The summed E-state index contributed by atoms with van der Waals surface area (Å²) in [4.78, 5) is 25.6. The Morgan fingerprint density at radius 1 is 0.974 bits per heavy atom. The van der Waals surface area contributed by atoms with E-state index in [1.54, 1.807) is 36.7 Å². The number of nitrogens with one attached hydrogen (secondary N) is 2. The zero-order valence-electron chi connectivity index (χ0n) is 22.0. The number of hydroxylamine groups is 1. The van der Waals surface area contributed by atoms with Crippen LogP contribution >= 0.6 is 0 Å². The summed E-state index contributed by atoms with van der Waals surface area (Å²) in [6.07, 6.45) is 3.02. The quantitative estimate of drug-likeness (QED) is 0.0909. The van der Waals surface area contributed by atoms with Gasteiger partial charge in [0.2, 0.25) is 5.25 Å². The van der Waals surface area contributed by atoms with Crippen molar-refractivity contribution in [3.8, 4) is 17.6 Å². The van der Waals surface area contributed by atoms with E-state index in [1.165, 1.54) is 5.56 Å². The van der Waals surface area contributed by atoms with Gasteiger partial charge < -0.3 is 14.6 Å². The molecule has 0 radical (unpaired) electrons. The standard InChI is InChI=1S/C31H34N2O5S/c1-2-3-23-38-26-18-20-27(21-19-26)39(37)29(31(35)33-36)15-9-10-22-32-30(34)28-14-8-7-13-25(28)17-16-24-11-5-4-6-12-24/h4-8,11-14,18-21,29,36H,9-10,15-17,22-23H2,1H3,(H,32,34)(H,33,35). The molecule has 8 heteroatoms. The molecule has 7 nitrogen and oxygen atoms in total. The molecular formula is C31H34N2O5S. The van der Waals surface area contributed by atoms with Gasteiger partial charge >= 0.3 is 0 Å². The summed E-state index contributed by atoms with van der Waals surface area (Å²) in [7, 11) is 0. The van der Waals surface area contributed by atoms with Crippen LogP contribution in [0.1, 0.15) is 47.7 Å². The van der Waals surface area contributed by atoms with Gasteiger partial charge in [-0.25, -0.2) is 5.48 Å². The minimum Gasteiger partial charge on any atom is -0.611 e. The molecule has 0 aliphatic carbocycles. The Kier molecular flexibility index (Phi) is 12.4. The third-order valence-corrected chi connectivity index (χ3v) is 7.87. The molecule has 0 aliphatic rings. The fraction of sp³-hybridized carbons (Fsp3) is 0.290. The molecule has 3 aromatic carbocycles. The maximum absolute atomic E-state index is 13.1. The van der Waals surface area contributed by atoms with Crippen LogP contribution in [-0.2, 0) is 28.8 Å². The normalized spacial score (nSPS) is 12.0. The van der Waals surface area contributed by atoms with Crippen molar-refractivity contribution in [2.24, 2.45) is 0 Å². The lowest BCUT2D eigenvalue weighted by atomic mass is 9.99. The summed E-state index contributed by atoms with van der Waals surface area (Å²) in [5, 5.41) is 11.2. The summed E-state index contributed by atoms with van der Waals surface area (Å²) in [6.45, 7) is 2.39. The Balaban J connectivity index is 1.49. The second-order valence-corrected chi connectivity index (χ2v) is 10.5. The smallest absolute Gasteiger partial charge is 0.296 e. The van der Waals surface area contributed by atoms with Crippen molar-refractivity contribution in [2.45, 2.75) is 49.2 Å². The van der Waals surface area contributed by atoms with Gasteiger partial charge in [0.05, 0.1) is 0 Å². The first-order chi connectivity index (χ1) is 19.0. The predicted octanol–water partition coefficient (Wildman–Crippen LogP) is 4.46. The first kappa shape index (κ1) is 29.8. The Hall–Kier alpha value is -3.77. The molecule has 0 saturated carbocycles. The maximum Gasteiger partial charge on any atom is 0.296 e. The number of hydrogen-bond donors (Lipinski definition) is 3. The van der Waals surface area contributed by atoms with E-state index in [9.17, 15) is 19.3 Å². The highest BCUT2D eigenvalue weighted by Gasteiger charge is 2.31. The molecule has 3 rings (SSSR count). The molecule has 0 bridgehead atoms. The number of carbonyl (C=O) groups is 2. The molecular weight excluding hydrogens is 512 g/mol. The van der Waals surface area contributed by atoms with E-state index in [4.69, 9.17) is 4.74 Å². The number of hydrogen-bond acceptors (Lipinski definition) is 5. The Labute approximate surface area is 233 Å². The van der Waals surface area contributed by atoms with Crippen LogP contribution < -0.4 is 15.5 Å². The minimum atomic E-state index is -1.67. The van der Waals surface area contributed by atoms with Crippen LogP contribution in [0.5, 0.6) is 5.75 Å². The van der Waals surface area contributed by atoms with Crippen LogP contribution in [0.3, 0.4) is 0 Å². The van der Waals surface area contributed by atoms with Gasteiger partial charge in [0, 0.05) is 18.5 Å². The summed E-state index contributed by atoms with van der Waals surface area (Å²) in [6, 6.07) is 24.4. The molecule has 3 aromatic rings. The van der Waals surface area contributed by atoms with Crippen molar-refractivity contribution in [2.75, 3.05) is 13.2 Å². The van der Waals surface area contributed by atoms with E-state index in [0.29, 0.717) is 35.6 Å². The average molecular weight is 547 g/mol. The van der Waals surface area contributed by atoms with Crippen LogP contribution in [0.2, 0.25) is 0 Å². The van der Waals surface area contributed by atoms with Gasteiger partial charge in [-0.05, 0) is 85.2 Å². The number of ether oxygens (including phenoxy) is 1. The van der Waals surface area contributed by atoms with Crippen LogP contribution in [0.15, 0.2) is 83.8 Å². The lowest BCUT2D eigenvalue weighted by Crippen LogP contribution is -2.38. The minimum absolute atomic E-state index is 0.140. The maximum atomic E-state index is 13.1. The van der Waals surface area contributed by atoms with E-state index >= 15 is 0 Å². The van der Waals surface area contributed by atoms with Crippen molar-refractivity contribution in [1.82, 2.24) is 10.8 Å². The third-order valence-electron chi connectivity index (χ3n) is 6.17. The molecule has 2 unspecified atom stereocenters. The van der Waals surface area contributed by atoms with Crippen LogP contribution in [0, 0.1) is 11.8 Å². The molecule has 204 valence electrons. The van der Waals surface area contributed by atoms with Gasteiger partial charge in [0.15, 0.2) is 4.90 Å². The van der Waals surface area contributed by atoms with E-state index < -0.39 is 22.3 Å². The van der Waals surface area contributed by atoms with Crippen LogP contribution in [-0.4, -0.2) is 40.0 Å². The topological polar surface area (TPSA) is 111 Å². The average Bonchev–Trinajstić information content (AvgIpc) is 2.98. The lowest BCUT2D eigenvalue weighted by molar-refractivity contribution is -0.128. The predicted molar refractivity (Wildman–Crippen MR) is 152 cm³/mol. The second-order valence-electron chi connectivity index (χ2n) is 8.84. The molecule has 0 aromatic heterocycles. The molecule has 0 fully saturated rings. The number of unbranched alkanes of at least 4 members (excludes halogenated alkanes) is 1. The van der Waals surface area contributed by atoms with E-state index in [2.05, 4.69) is 29.3 Å². The van der Waals surface area contributed by atoms with Gasteiger partial charge in [0.1, 0.15) is 12.4 Å². The highest BCUT2D eigenvalue weighted by molar-refractivity contribution is 7.92. The molecule has 3 N–H and O–H groups in total. The molecule has 0 heterocycles. The Morgan fingerprint density at radius 2 is 1.69 bits per heavy atom. The molecule has 0 spiro atoms.